The average Bonchev–Trinajstić information content (AvgIpc) is 3.31. The van der Waals surface area contributed by atoms with Crippen LogP contribution in [0, 0.1) is 0 Å². The van der Waals surface area contributed by atoms with E-state index in [0.717, 1.165) is 47.1 Å². The summed E-state index contributed by atoms with van der Waals surface area (Å²) in [6.45, 7) is 2.21. The summed E-state index contributed by atoms with van der Waals surface area (Å²) in [5.74, 6) is 1.00. The minimum Gasteiger partial charge on any atom is -0.327 e. The minimum absolute atomic E-state index is 0.350. The van der Waals surface area contributed by atoms with E-state index in [1.54, 1.807) is 29.5 Å². The molecule has 0 amide bonds. The maximum Gasteiger partial charge on any atom is 0.175 e. The molecule has 1 fully saturated rings. The molecule has 5 nitrogen and oxygen atoms in total. The normalized spacial score (nSPS) is 16.7. The summed E-state index contributed by atoms with van der Waals surface area (Å²) in [7, 11) is -1.04. The second-order valence-electron chi connectivity index (χ2n) is 7.16. The lowest BCUT2D eigenvalue weighted by atomic mass is 10.1. The van der Waals surface area contributed by atoms with Gasteiger partial charge in [-0.05, 0) is 62.8 Å². The van der Waals surface area contributed by atoms with Crippen molar-refractivity contribution in [3.05, 3.63) is 48.8 Å². The SMILES string of the molecule is CN1CCC(n2ccnc2-c2ccc(-c3cccc(S(C)(=O)=O)c3)s2)CC1. The summed E-state index contributed by atoms with van der Waals surface area (Å²) < 4.78 is 26.0. The van der Waals surface area contributed by atoms with Gasteiger partial charge in [-0.3, -0.25) is 0 Å². The molecule has 1 aromatic carbocycles. The molecule has 1 saturated heterocycles. The fraction of sp³-hybridized carbons (Fsp3) is 0.350. The predicted molar refractivity (Wildman–Crippen MR) is 110 cm³/mol. The zero-order valence-electron chi connectivity index (χ0n) is 15.5. The molecule has 0 unspecified atom stereocenters. The van der Waals surface area contributed by atoms with Gasteiger partial charge < -0.3 is 9.47 Å². The second kappa shape index (κ2) is 7.22. The summed E-state index contributed by atoms with van der Waals surface area (Å²) in [6.07, 6.45) is 7.46. The highest BCUT2D eigenvalue weighted by Crippen LogP contribution is 2.36. The molecule has 0 spiro atoms. The minimum atomic E-state index is -3.21. The quantitative estimate of drug-likeness (QED) is 0.664. The Morgan fingerprint density at radius 3 is 2.59 bits per heavy atom. The molecular formula is C20H23N3O2S2. The number of hydrogen-bond acceptors (Lipinski definition) is 5. The molecule has 27 heavy (non-hydrogen) atoms. The van der Waals surface area contributed by atoms with Crippen LogP contribution in [0.3, 0.4) is 0 Å². The highest BCUT2D eigenvalue weighted by Gasteiger charge is 2.21. The molecule has 0 saturated carbocycles. The van der Waals surface area contributed by atoms with Crippen molar-refractivity contribution in [3.63, 3.8) is 0 Å². The van der Waals surface area contributed by atoms with Gasteiger partial charge in [-0.2, -0.15) is 0 Å². The van der Waals surface area contributed by atoms with E-state index in [2.05, 4.69) is 39.8 Å². The molecule has 0 bridgehead atoms. The third-order valence-corrected chi connectivity index (χ3v) is 7.36. The van der Waals surface area contributed by atoms with E-state index in [1.165, 1.54) is 6.26 Å². The van der Waals surface area contributed by atoms with Gasteiger partial charge in [0.05, 0.1) is 9.77 Å². The first-order valence-electron chi connectivity index (χ1n) is 9.04. The molecule has 0 aliphatic carbocycles. The summed E-state index contributed by atoms with van der Waals surface area (Å²) in [5.41, 5.74) is 0.923. The monoisotopic (exact) mass is 401 g/mol. The van der Waals surface area contributed by atoms with E-state index < -0.39 is 9.84 Å². The predicted octanol–water partition coefficient (Wildman–Crippen LogP) is 3.95. The average molecular weight is 402 g/mol. The van der Waals surface area contributed by atoms with Crippen LogP contribution in [0.5, 0.6) is 0 Å². The number of benzene rings is 1. The van der Waals surface area contributed by atoms with E-state index in [9.17, 15) is 8.42 Å². The maximum atomic E-state index is 11.8. The number of aromatic nitrogens is 2. The van der Waals surface area contributed by atoms with Crippen LogP contribution in [0.2, 0.25) is 0 Å². The van der Waals surface area contributed by atoms with Crippen LogP contribution in [0.25, 0.3) is 21.1 Å². The van der Waals surface area contributed by atoms with Crippen molar-refractivity contribution in [3.8, 4) is 21.1 Å². The van der Waals surface area contributed by atoms with E-state index in [1.807, 2.05) is 12.3 Å². The number of sulfone groups is 1. The Labute approximate surface area is 164 Å². The summed E-state index contributed by atoms with van der Waals surface area (Å²) in [5, 5.41) is 0. The van der Waals surface area contributed by atoms with Crippen molar-refractivity contribution in [2.45, 2.75) is 23.8 Å². The highest BCUT2D eigenvalue weighted by atomic mass is 32.2. The van der Waals surface area contributed by atoms with Crippen molar-refractivity contribution in [2.75, 3.05) is 26.4 Å². The molecule has 0 N–H and O–H groups in total. The van der Waals surface area contributed by atoms with Gasteiger partial charge >= 0.3 is 0 Å². The first-order chi connectivity index (χ1) is 12.9. The summed E-state index contributed by atoms with van der Waals surface area (Å²) in [4.78, 5) is 9.48. The van der Waals surface area contributed by atoms with Gasteiger partial charge in [0.15, 0.2) is 9.84 Å². The van der Waals surface area contributed by atoms with Gasteiger partial charge in [0.25, 0.3) is 0 Å². The zero-order chi connectivity index (χ0) is 19.0. The fourth-order valence-electron chi connectivity index (χ4n) is 3.56. The maximum absolute atomic E-state index is 11.8. The van der Waals surface area contributed by atoms with Gasteiger partial charge in [0, 0.05) is 29.6 Å². The molecular weight excluding hydrogens is 378 g/mol. The van der Waals surface area contributed by atoms with E-state index in [-0.39, 0.29) is 0 Å². The smallest absolute Gasteiger partial charge is 0.175 e. The molecule has 3 heterocycles. The van der Waals surface area contributed by atoms with E-state index in [0.29, 0.717) is 10.9 Å². The Bertz CT molecular complexity index is 1040. The topological polar surface area (TPSA) is 55.2 Å². The molecule has 1 aliphatic rings. The molecule has 142 valence electrons. The standard InChI is InChI=1S/C20H23N3O2S2/c1-22-11-8-16(9-12-22)23-13-10-21-20(23)19-7-6-18(26-19)15-4-3-5-17(14-15)27(2,24)25/h3-7,10,13-14,16H,8-9,11-12H2,1-2H3. The van der Waals surface area contributed by atoms with Gasteiger partial charge in [-0.1, -0.05) is 12.1 Å². The first-order valence-corrected chi connectivity index (χ1v) is 11.7. The van der Waals surface area contributed by atoms with Crippen LogP contribution in [0.1, 0.15) is 18.9 Å². The number of imidazole rings is 1. The number of thiophene rings is 1. The lowest BCUT2D eigenvalue weighted by Gasteiger charge is -2.30. The Balaban J connectivity index is 1.64. The molecule has 0 atom stereocenters. The van der Waals surface area contributed by atoms with Crippen molar-refractivity contribution >= 4 is 21.2 Å². The first kappa shape index (κ1) is 18.4. The second-order valence-corrected chi connectivity index (χ2v) is 10.3. The van der Waals surface area contributed by atoms with Gasteiger partial charge in [-0.25, -0.2) is 13.4 Å². The van der Waals surface area contributed by atoms with Crippen LogP contribution >= 0.6 is 11.3 Å². The highest BCUT2D eigenvalue weighted by molar-refractivity contribution is 7.90. The third kappa shape index (κ3) is 3.85. The van der Waals surface area contributed by atoms with Gasteiger partial charge in [0.1, 0.15) is 5.82 Å². The Kier molecular flexibility index (Phi) is 4.92. The van der Waals surface area contributed by atoms with Crippen LogP contribution in [-0.2, 0) is 9.84 Å². The van der Waals surface area contributed by atoms with Crippen molar-refractivity contribution in [2.24, 2.45) is 0 Å². The number of nitrogens with zero attached hydrogens (tertiary/aromatic N) is 3. The number of likely N-dealkylation sites (tertiary alicyclic amines) is 1. The fourth-order valence-corrected chi connectivity index (χ4v) is 5.23. The van der Waals surface area contributed by atoms with Crippen molar-refractivity contribution in [1.82, 2.24) is 14.5 Å². The number of piperidine rings is 1. The molecule has 2 aromatic heterocycles. The third-order valence-electron chi connectivity index (χ3n) is 5.12. The van der Waals surface area contributed by atoms with Crippen LogP contribution in [0.4, 0.5) is 0 Å². The van der Waals surface area contributed by atoms with E-state index >= 15 is 0 Å². The molecule has 0 radical (unpaired) electrons. The van der Waals surface area contributed by atoms with Crippen LogP contribution < -0.4 is 0 Å². The van der Waals surface area contributed by atoms with Gasteiger partial charge in [-0.15, -0.1) is 11.3 Å². The lowest BCUT2D eigenvalue weighted by molar-refractivity contribution is 0.222. The van der Waals surface area contributed by atoms with E-state index in [4.69, 9.17) is 0 Å². The summed E-state index contributed by atoms with van der Waals surface area (Å²) in [6, 6.07) is 11.8. The molecule has 7 heteroatoms. The molecule has 4 rings (SSSR count). The summed E-state index contributed by atoms with van der Waals surface area (Å²) >= 11 is 1.65. The van der Waals surface area contributed by atoms with Crippen molar-refractivity contribution < 1.29 is 8.42 Å². The zero-order valence-corrected chi connectivity index (χ0v) is 17.1. The Hall–Kier alpha value is -1.96. The Morgan fingerprint density at radius 1 is 1.11 bits per heavy atom. The Morgan fingerprint density at radius 2 is 1.85 bits per heavy atom. The van der Waals surface area contributed by atoms with Crippen LogP contribution in [-0.4, -0.2) is 49.3 Å². The van der Waals surface area contributed by atoms with Gasteiger partial charge in [0.2, 0.25) is 0 Å². The largest absolute Gasteiger partial charge is 0.327 e. The number of hydrogen-bond donors (Lipinski definition) is 0. The molecule has 3 aromatic rings. The lowest BCUT2D eigenvalue weighted by Crippen LogP contribution is -2.31. The van der Waals surface area contributed by atoms with Crippen molar-refractivity contribution in [1.29, 1.82) is 0 Å². The molecule has 1 aliphatic heterocycles. The number of rotatable bonds is 4. The van der Waals surface area contributed by atoms with Crippen LogP contribution in [0.15, 0.2) is 53.7 Å².